The number of furan rings is 1. The lowest BCUT2D eigenvalue weighted by atomic mass is 10.1. The minimum atomic E-state index is -0.499. The van der Waals surface area contributed by atoms with E-state index in [1.54, 1.807) is 6.07 Å². The molecule has 2 N–H and O–H groups in total. The fourth-order valence-corrected chi connectivity index (χ4v) is 4.12. The Kier molecular flexibility index (Phi) is 4.41. The number of carbonyl (C=O) groups is 2. The lowest BCUT2D eigenvalue weighted by Crippen LogP contribution is -2.43. The predicted molar refractivity (Wildman–Crippen MR) is 98.0 cm³/mol. The molecule has 136 valence electrons. The van der Waals surface area contributed by atoms with Gasteiger partial charge in [-0.05, 0) is 37.0 Å². The van der Waals surface area contributed by atoms with E-state index in [0.717, 1.165) is 38.9 Å². The number of benzene rings is 1. The van der Waals surface area contributed by atoms with Gasteiger partial charge in [0.2, 0.25) is 5.91 Å². The molecular formula is C20H23N3O3. The monoisotopic (exact) mass is 353 g/mol. The fraction of sp³-hybridized carbons (Fsp3) is 0.400. The topological polar surface area (TPSA) is 79.8 Å². The lowest BCUT2D eigenvalue weighted by molar-refractivity contribution is -0.117. The SMILES string of the molecule is NC(=O)Cc1occc1C(=O)N1CCCC1CN1CCc2ccccc21. The van der Waals surface area contributed by atoms with Crippen molar-refractivity contribution in [1.29, 1.82) is 0 Å². The highest BCUT2D eigenvalue weighted by molar-refractivity contribution is 5.96. The molecule has 1 unspecified atom stereocenters. The average molecular weight is 353 g/mol. The summed E-state index contributed by atoms with van der Waals surface area (Å²) in [4.78, 5) is 28.5. The molecule has 0 radical (unpaired) electrons. The van der Waals surface area contributed by atoms with Gasteiger partial charge in [-0.25, -0.2) is 0 Å². The van der Waals surface area contributed by atoms with E-state index in [2.05, 4.69) is 29.2 Å². The van der Waals surface area contributed by atoms with Gasteiger partial charge >= 0.3 is 0 Å². The average Bonchev–Trinajstić information content (AvgIpc) is 3.35. The summed E-state index contributed by atoms with van der Waals surface area (Å²) in [5.74, 6) is -0.203. The van der Waals surface area contributed by atoms with E-state index < -0.39 is 5.91 Å². The van der Waals surface area contributed by atoms with Crippen LogP contribution in [0.2, 0.25) is 0 Å². The van der Waals surface area contributed by atoms with Crippen molar-refractivity contribution < 1.29 is 14.0 Å². The van der Waals surface area contributed by atoms with Gasteiger partial charge in [0.05, 0.1) is 18.2 Å². The van der Waals surface area contributed by atoms with Crippen LogP contribution in [-0.4, -0.2) is 42.4 Å². The van der Waals surface area contributed by atoms with Crippen LogP contribution in [-0.2, 0) is 17.6 Å². The highest BCUT2D eigenvalue weighted by Gasteiger charge is 2.33. The van der Waals surface area contributed by atoms with Gasteiger partial charge < -0.3 is 20.0 Å². The minimum absolute atomic E-state index is 0.0495. The largest absolute Gasteiger partial charge is 0.468 e. The third-order valence-corrected chi connectivity index (χ3v) is 5.36. The van der Waals surface area contributed by atoms with Crippen LogP contribution in [0.1, 0.15) is 34.5 Å². The number of likely N-dealkylation sites (tertiary alicyclic amines) is 1. The van der Waals surface area contributed by atoms with E-state index in [-0.39, 0.29) is 18.4 Å². The number of anilines is 1. The summed E-state index contributed by atoms with van der Waals surface area (Å²) in [6.45, 7) is 2.57. The Hall–Kier alpha value is -2.76. The molecule has 26 heavy (non-hydrogen) atoms. The van der Waals surface area contributed by atoms with Crippen LogP contribution in [0.3, 0.4) is 0 Å². The number of nitrogens with zero attached hydrogens (tertiary/aromatic N) is 2. The van der Waals surface area contributed by atoms with Crippen molar-refractivity contribution in [3.8, 4) is 0 Å². The molecule has 2 aromatic rings. The Balaban J connectivity index is 1.50. The molecule has 2 aliphatic heterocycles. The maximum atomic E-state index is 13.0. The minimum Gasteiger partial charge on any atom is -0.468 e. The van der Waals surface area contributed by atoms with Crippen LogP contribution in [0.15, 0.2) is 41.0 Å². The van der Waals surface area contributed by atoms with Gasteiger partial charge in [0.25, 0.3) is 5.91 Å². The number of rotatable bonds is 5. The van der Waals surface area contributed by atoms with E-state index in [0.29, 0.717) is 11.3 Å². The molecule has 1 aromatic carbocycles. The number of nitrogens with two attached hydrogens (primary N) is 1. The van der Waals surface area contributed by atoms with E-state index in [1.165, 1.54) is 17.5 Å². The summed E-state index contributed by atoms with van der Waals surface area (Å²) in [6.07, 6.45) is 4.45. The second kappa shape index (κ2) is 6.86. The van der Waals surface area contributed by atoms with Crippen LogP contribution >= 0.6 is 0 Å². The van der Waals surface area contributed by atoms with E-state index in [9.17, 15) is 9.59 Å². The summed E-state index contributed by atoms with van der Waals surface area (Å²) in [7, 11) is 0. The summed E-state index contributed by atoms with van der Waals surface area (Å²) in [6, 6.07) is 10.3. The van der Waals surface area contributed by atoms with Gasteiger partial charge in [-0.1, -0.05) is 18.2 Å². The van der Waals surface area contributed by atoms with Gasteiger partial charge in [-0.2, -0.15) is 0 Å². The molecule has 6 heteroatoms. The van der Waals surface area contributed by atoms with Gasteiger partial charge in [-0.15, -0.1) is 0 Å². The van der Waals surface area contributed by atoms with Gasteiger partial charge in [0, 0.05) is 31.4 Å². The molecule has 0 saturated carbocycles. The third kappa shape index (κ3) is 3.07. The summed E-state index contributed by atoms with van der Waals surface area (Å²) in [5.41, 5.74) is 8.37. The number of para-hydroxylation sites is 1. The van der Waals surface area contributed by atoms with Crippen LogP contribution in [0.4, 0.5) is 5.69 Å². The number of hydrogen-bond donors (Lipinski definition) is 1. The molecule has 1 aromatic heterocycles. The van der Waals surface area contributed by atoms with Crippen LogP contribution in [0.5, 0.6) is 0 Å². The molecule has 0 aliphatic carbocycles. The van der Waals surface area contributed by atoms with Crippen LogP contribution < -0.4 is 10.6 Å². The Morgan fingerprint density at radius 2 is 2.04 bits per heavy atom. The molecule has 4 rings (SSSR count). The molecular weight excluding hydrogens is 330 g/mol. The normalized spacial score (nSPS) is 19.0. The number of fused-ring (bicyclic) bond motifs is 1. The van der Waals surface area contributed by atoms with Crippen molar-refractivity contribution >= 4 is 17.5 Å². The van der Waals surface area contributed by atoms with E-state index in [4.69, 9.17) is 10.2 Å². The molecule has 2 aliphatic rings. The molecule has 2 amide bonds. The first-order chi connectivity index (χ1) is 12.6. The number of carbonyl (C=O) groups excluding carboxylic acids is 2. The highest BCUT2D eigenvalue weighted by Crippen LogP contribution is 2.30. The molecule has 6 nitrogen and oxygen atoms in total. The summed E-state index contributed by atoms with van der Waals surface area (Å²) < 4.78 is 5.31. The smallest absolute Gasteiger partial charge is 0.257 e. The molecule has 0 bridgehead atoms. The highest BCUT2D eigenvalue weighted by atomic mass is 16.3. The quantitative estimate of drug-likeness (QED) is 0.891. The Labute approximate surface area is 152 Å². The Bertz CT molecular complexity index is 829. The van der Waals surface area contributed by atoms with Gasteiger partial charge in [0.1, 0.15) is 5.76 Å². The van der Waals surface area contributed by atoms with Crippen LogP contribution in [0, 0.1) is 0 Å². The molecule has 1 atom stereocenters. The lowest BCUT2D eigenvalue weighted by Gasteiger charge is -2.30. The molecule has 0 spiro atoms. The van der Waals surface area contributed by atoms with Crippen molar-refractivity contribution in [3.05, 3.63) is 53.5 Å². The van der Waals surface area contributed by atoms with E-state index >= 15 is 0 Å². The number of amides is 2. The van der Waals surface area contributed by atoms with Crippen molar-refractivity contribution in [3.63, 3.8) is 0 Å². The number of primary amides is 1. The first-order valence-corrected chi connectivity index (χ1v) is 9.12. The van der Waals surface area contributed by atoms with Gasteiger partial charge in [-0.3, -0.25) is 9.59 Å². The second-order valence-electron chi connectivity index (χ2n) is 7.02. The van der Waals surface area contributed by atoms with Crippen LogP contribution in [0.25, 0.3) is 0 Å². The maximum absolute atomic E-state index is 13.0. The first-order valence-electron chi connectivity index (χ1n) is 9.12. The van der Waals surface area contributed by atoms with Crippen molar-refractivity contribution in [1.82, 2.24) is 4.90 Å². The standard InChI is InChI=1S/C20H23N3O3/c21-19(24)12-18-16(8-11-26-18)20(25)23-9-3-5-15(23)13-22-10-7-14-4-1-2-6-17(14)22/h1-2,4,6,8,11,15H,3,5,7,9-10,12-13H2,(H2,21,24). The zero-order chi connectivity index (χ0) is 18.1. The summed E-state index contributed by atoms with van der Waals surface area (Å²) in [5, 5.41) is 0. The molecule has 1 fully saturated rings. The molecule has 3 heterocycles. The van der Waals surface area contributed by atoms with Crippen molar-refractivity contribution in [2.45, 2.75) is 31.7 Å². The third-order valence-electron chi connectivity index (χ3n) is 5.36. The Morgan fingerprint density at radius 3 is 2.88 bits per heavy atom. The predicted octanol–water partition coefficient (Wildman–Crippen LogP) is 1.97. The zero-order valence-corrected chi connectivity index (χ0v) is 14.7. The Morgan fingerprint density at radius 1 is 1.19 bits per heavy atom. The maximum Gasteiger partial charge on any atom is 0.257 e. The zero-order valence-electron chi connectivity index (χ0n) is 14.7. The first kappa shape index (κ1) is 16.7. The fourth-order valence-electron chi connectivity index (χ4n) is 4.12. The number of hydrogen-bond acceptors (Lipinski definition) is 4. The van der Waals surface area contributed by atoms with Gasteiger partial charge in [0.15, 0.2) is 0 Å². The van der Waals surface area contributed by atoms with Crippen molar-refractivity contribution in [2.24, 2.45) is 5.73 Å². The van der Waals surface area contributed by atoms with E-state index in [1.807, 2.05) is 4.90 Å². The molecule has 1 saturated heterocycles. The summed E-state index contributed by atoms with van der Waals surface area (Å²) >= 11 is 0. The second-order valence-corrected chi connectivity index (χ2v) is 7.02. The van der Waals surface area contributed by atoms with Crippen molar-refractivity contribution in [2.75, 3.05) is 24.5 Å².